The standard InChI is InChI=1S/C18H23N3O5/c1-12(16(23)20-18(25)19-2)26-17(24)14-10-15(22)21(11-14)9-8-13-6-4-3-5-7-13/h3-7,12,14H,8-11H2,1-2H3,(H2,19,20,23,25)/t12-,14+/m0/s1. The number of amides is 4. The van der Waals surface area contributed by atoms with E-state index in [2.05, 4.69) is 5.32 Å². The van der Waals surface area contributed by atoms with E-state index in [1.54, 1.807) is 4.90 Å². The smallest absolute Gasteiger partial charge is 0.321 e. The Balaban J connectivity index is 1.82. The maximum Gasteiger partial charge on any atom is 0.321 e. The first-order chi connectivity index (χ1) is 12.4. The molecule has 2 atom stereocenters. The van der Waals surface area contributed by atoms with Gasteiger partial charge in [0.05, 0.1) is 5.92 Å². The Morgan fingerprint density at radius 1 is 1.27 bits per heavy atom. The van der Waals surface area contributed by atoms with Crippen LogP contribution in [0.1, 0.15) is 18.9 Å². The van der Waals surface area contributed by atoms with Crippen LogP contribution in [0.15, 0.2) is 30.3 Å². The van der Waals surface area contributed by atoms with E-state index in [1.807, 2.05) is 35.6 Å². The second-order valence-electron chi connectivity index (χ2n) is 6.12. The first-order valence-electron chi connectivity index (χ1n) is 8.45. The molecular formula is C18H23N3O5. The maximum atomic E-state index is 12.2. The van der Waals surface area contributed by atoms with E-state index >= 15 is 0 Å². The summed E-state index contributed by atoms with van der Waals surface area (Å²) in [5.74, 6) is -2.04. The Labute approximate surface area is 151 Å². The number of hydrogen-bond acceptors (Lipinski definition) is 5. The molecule has 1 saturated heterocycles. The van der Waals surface area contributed by atoms with E-state index in [0.717, 1.165) is 5.56 Å². The Morgan fingerprint density at radius 3 is 2.62 bits per heavy atom. The molecule has 140 valence electrons. The first kappa shape index (κ1) is 19.4. The third kappa shape index (κ3) is 5.30. The van der Waals surface area contributed by atoms with Gasteiger partial charge in [-0.15, -0.1) is 0 Å². The third-order valence-electron chi connectivity index (χ3n) is 4.19. The molecule has 0 unspecified atom stereocenters. The van der Waals surface area contributed by atoms with Crippen molar-refractivity contribution in [1.82, 2.24) is 15.5 Å². The number of urea groups is 1. The highest BCUT2D eigenvalue weighted by Gasteiger charge is 2.36. The van der Waals surface area contributed by atoms with Crippen LogP contribution >= 0.6 is 0 Å². The van der Waals surface area contributed by atoms with E-state index in [4.69, 9.17) is 4.74 Å². The van der Waals surface area contributed by atoms with Gasteiger partial charge < -0.3 is 15.0 Å². The number of imide groups is 1. The quantitative estimate of drug-likeness (QED) is 0.717. The molecule has 0 aromatic heterocycles. The molecule has 1 aliphatic rings. The predicted molar refractivity (Wildman–Crippen MR) is 93.0 cm³/mol. The molecule has 0 radical (unpaired) electrons. The summed E-state index contributed by atoms with van der Waals surface area (Å²) in [6, 6.07) is 9.09. The van der Waals surface area contributed by atoms with Gasteiger partial charge in [0, 0.05) is 26.6 Å². The van der Waals surface area contributed by atoms with Gasteiger partial charge in [0.2, 0.25) is 5.91 Å². The van der Waals surface area contributed by atoms with Gasteiger partial charge >= 0.3 is 12.0 Å². The van der Waals surface area contributed by atoms with Crippen molar-refractivity contribution in [1.29, 1.82) is 0 Å². The number of esters is 1. The van der Waals surface area contributed by atoms with Crippen molar-refractivity contribution in [3.05, 3.63) is 35.9 Å². The van der Waals surface area contributed by atoms with Crippen LogP contribution in [0.2, 0.25) is 0 Å². The molecule has 0 saturated carbocycles. The van der Waals surface area contributed by atoms with Crippen molar-refractivity contribution >= 4 is 23.8 Å². The van der Waals surface area contributed by atoms with Crippen molar-refractivity contribution in [2.75, 3.05) is 20.1 Å². The molecule has 0 spiro atoms. The highest BCUT2D eigenvalue weighted by atomic mass is 16.5. The molecule has 1 heterocycles. The molecule has 1 aromatic rings. The molecule has 0 bridgehead atoms. The number of carbonyl (C=O) groups is 4. The van der Waals surface area contributed by atoms with Gasteiger partial charge in [-0.3, -0.25) is 19.7 Å². The minimum Gasteiger partial charge on any atom is -0.452 e. The summed E-state index contributed by atoms with van der Waals surface area (Å²) in [5.41, 5.74) is 1.12. The van der Waals surface area contributed by atoms with Gasteiger partial charge in [0.25, 0.3) is 5.91 Å². The lowest BCUT2D eigenvalue weighted by Crippen LogP contribution is -2.44. The van der Waals surface area contributed by atoms with Crippen molar-refractivity contribution < 1.29 is 23.9 Å². The summed E-state index contributed by atoms with van der Waals surface area (Å²) in [6.07, 6.45) is -0.343. The second-order valence-corrected chi connectivity index (χ2v) is 6.12. The highest BCUT2D eigenvalue weighted by Crippen LogP contribution is 2.20. The van der Waals surface area contributed by atoms with E-state index in [0.29, 0.717) is 13.0 Å². The Hall–Kier alpha value is -2.90. The van der Waals surface area contributed by atoms with E-state index in [-0.39, 0.29) is 18.9 Å². The first-order valence-corrected chi connectivity index (χ1v) is 8.45. The largest absolute Gasteiger partial charge is 0.452 e. The van der Waals surface area contributed by atoms with E-state index in [9.17, 15) is 19.2 Å². The van der Waals surface area contributed by atoms with Gasteiger partial charge in [-0.1, -0.05) is 30.3 Å². The summed E-state index contributed by atoms with van der Waals surface area (Å²) < 4.78 is 5.09. The second kappa shape index (κ2) is 8.98. The van der Waals surface area contributed by atoms with Crippen LogP contribution in [-0.4, -0.2) is 55.0 Å². The minimum absolute atomic E-state index is 0.0669. The zero-order chi connectivity index (χ0) is 19.1. The molecule has 26 heavy (non-hydrogen) atoms. The summed E-state index contributed by atoms with van der Waals surface area (Å²) in [6.45, 7) is 2.17. The molecule has 8 nitrogen and oxygen atoms in total. The molecule has 1 aliphatic heterocycles. The van der Waals surface area contributed by atoms with Crippen molar-refractivity contribution in [2.24, 2.45) is 5.92 Å². The lowest BCUT2D eigenvalue weighted by molar-refractivity contribution is -0.158. The fourth-order valence-corrected chi connectivity index (χ4v) is 2.65. The molecular weight excluding hydrogens is 338 g/mol. The lowest BCUT2D eigenvalue weighted by atomic mass is 10.1. The number of carbonyl (C=O) groups excluding carboxylic acids is 4. The number of ether oxygens (including phenoxy) is 1. The molecule has 8 heteroatoms. The fraction of sp³-hybridized carbons (Fsp3) is 0.444. The van der Waals surface area contributed by atoms with Crippen LogP contribution in [0.4, 0.5) is 4.79 Å². The molecule has 1 aromatic carbocycles. The third-order valence-corrected chi connectivity index (χ3v) is 4.19. The average molecular weight is 361 g/mol. The predicted octanol–water partition coefficient (Wildman–Crippen LogP) is 0.465. The van der Waals surface area contributed by atoms with Gasteiger partial charge in [0.15, 0.2) is 6.10 Å². The number of rotatable bonds is 6. The topological polar surface area (TPSA) is 105 Å². The van der Waals surface area contributed by atoms with Crippen LogP contribution in [0.25, 0.3) is 0 Å². The van der Waals surface area contributed by atoms with E-state index < -0.39 is 29.9 Å². The normalized spacial score (nSPS) is 17.5. The maximum absolute atomic E-state index is 12.2. The SMILES string of the molecule is CNC(=O)NC(=O)[C@H](C)OC(=O)[C@@H]1CC(=O)N(CCc2ccccc2)C1. The van der Waals surface area contributed by atoms with Crippen LogP contribution in [0.5, 0.6) is 0 Å². The number of benzene rings is 1. The minimum atomic E-state index is -1.12. The fourth-order valence-electron chi connectivity index (χ4n) is 2.65. The lowest BCUT2D eigenvalue weighted by Gasteiger charge is -2.17. The van der Waals surface area contributed by atoms with Crippen LogP contribution in [0.3, 0.4) is 0 Å². The number of nitrogens with one attached hydrogen (secondary N) is 2. The van der Waals surface area contributed by atoms with Crippen LogP contribution in [0, 0.1) is 5.92 Å². The molecule has 2 rings (SSSR count). The monoisotopic (exact) mass is 361 g/mol. The zero-order valence-corrected chi connectivity index (χ0v) is 14.9. The van der Waals surface area contributed by atoms with Crippen LogP contribution in [-0.2, 0) is 25.5 Å². The Morgan fingerprint density at radius 2 is 1.96 bits per heavy atom. The average Bonchev–Trinajstić information content (AvgIpc) is 3.01. The molecule has 0 aliphatic carbocycles. The summed E-state index contributed by atoms with van der Waals surface area (Å²) in [5, 5.41) is 4.27. The van der Waals surface area contributed by atoms with Gasteiger partial charge in [-0.2, -0.15) is 0 Å². The Kier molecular flexibility index (Phi) is 6.71. The van der Waals surface area contributed by atoms with Crippen molar-refractivity contribution in [2.45, 2.75) is 25.9 Å². The number of hydrogen-bond donors (Lipinski definition) is 2. The van der Waals surface area contributed by atoms with Crippen molar-refractivity contribution in [3.8, 4) is 0 Å². The van der Waals surface area contributed by atoms with Gasteiger partial charge in [-0.25, -0.2) is 4.79 Å². The van der Waals surface area contributed by atoms with Crippen LogP contribution < -0.4 is 10.6 Å². The highest BCUT2D eigenvalue weighted by molar-refractivity contribution is 5.97. The number of likely N-dealkylation sites (tertiary alicyclic amines) is 1. The molecule has 1 fully saturated rings. The summed E-state index contributed by atoms with van der Waals surface area (Å²) >= 11 is 0. The van der Waals surface area contributed by atoms with Crippen molar-refractivity contribution in [3.63, 3.8) is 0 Å². The summed E-state index contributed by atoms with van der Waals surface area (Å²) in [4.78, 5) is 48.8. The van der Waals surface area contributed by atoms with E-state index in [1.165, 1.54) is 14.0 Å². The number of nitrogens with zero attached hydrogens (tertiary/aromatic N) is 1. The van der Waals surface area contributed by atoms with Gasteiger partial charge in [0.1, 0.15) is 0 Å². The molecule has 4 amide bonds. The van der Waals surface area contributed by atoms with Gasteiger partial charge in [-0.05, 0) is 18.9 Å². The zero-order valence-electron chi connectivity index (χ0n) is 14.9. The Bertz CT molecular complexity index is 677. The summed E-state index contributed by atoms with van der Waals surface area (Å²) in [7, 11) is 1.37. The molecule has 2 N–H and O–H groups in total.